The lowest BCUT2D eigenvalue weighted by Crippen LogP contribution is -2.30. The normalized spacial score (nSPS) is 11.2. The van der Waals surface area contributed by atoms with Crippen molar-refractivity contribution >= 4 is 47.7 Å². The van der Waals surface area contributed by atoms with E-state index in [1.807, 2.05) is 38.2 Å². The summed E-state index contributed by atoms with van der Waals surface area (Å²) in [6.07, 6.45) is 1.32. The molecule has 0 aliphatic heterocycles. The fraction of sp³-hybridized carbons (Fsp3) is 0.412. The molecule has 0 saturated carbocycles. The summed E-state index contributed by atoms with van der Waals surface area (Å²) in [5.74, 6) is 0.100. The lowest BCUT2D eigenvalue weighted by Gasteiger charge is -2.24. The van der Waals surface area contributed by atoms with Crippen LogP contribution in [0.25, 0.3) is 0 Å². The number of amides is 1. The summed E-state index contributed by atoms with van der Waals surface area (Å²) in [4.78, 5) is 20.0. The van der Waals surface area contributed by atoms with Crippen molar-refractivity contribution in [1.82, 2.24) is 9.88 Å². The second-order valence-electron chi connectivity index (χ2n) is 5.51. The van der Waals surface area contributed by atoms with Gasteiger partial charge in [-0.2, -0.15) is 0 Å². The van der Waals surface area contributed by atoms with Crippen molar-refractivity contribution in [3.8, 4) is 0 Å². The lowest BCUT2D eigenvalue weighted by atomic mass is 10.1. The van der Waals surface area contributed by atoms with Gasteiger partial charge < -0.3 is 10.6 Å². The van der Waals surface area contributed by atoms with Gasteiger partial charge in [-0.25, -0.2) is 4.98 Å². The number of aryl methyl sites for hydroxylation is 2. The number of nitrogens with zero attached hydrogens (tertiary/aromatic N) is 2. The van der Waals surface area contributed by atoms with Gasteiger partial charge in [0, 0.05) is 17.6 Å². The molecule has 0 bridgehead atoms. The SMILES string of the molecule is CCc1nc(C)c(C(C)N(C)C(=O)Cc2ccc(N)cc2)s1.Cl.Cl. The van der Waals surface area contributed by atoms with E-state index < -0.39 is 0 Å². The van der Waals surface area contributed by atoms with Gasteiger partial charge in [0.2, 0.25) is 5.91 Å². The van der Waals surface area contributed by atoms with Gasteiger partial charge in [0.25, 0.3) is 0 Å². The third-order valence-electron chi connectivity index (χ3n) is 3.87. The number of benzene rings is 1. The van der Waals surface area contributed by atoms with Crippen LogP contribution in [0.4, 0.5) is 5.69 Å². The lowest BCUT2D eigenvalue weighted by molar-refractivity contribution is -0.131. The van der Waals surface area contributed by atoms with Gasteiger partial charge in [-0.15, -0.1) is 36.2 Å². The van der Waals surface area contributed by atoms with Crippen molar-refractivity contribution in [3.05, 3.63) is 45.4 Å². The molecule has 24 heavy (non-hydrogen) atoms. The number of aromatic nitrogens is 1. The predicted molar refractivity (Wildman–Crippen MR) is 106 cm³/mol. The molecule has 1 aromatic heterocycles. The molecule has 1 aromatic carbocycles. The maximum Gasteiger partial charge on any atom is 0.227 e. The van der Waals surface area contributed by atoms with Crippen molar-refractivity contribution in [1.29, 1.82) is 0 Å². The van der Waals surface area contributed by atoms with Crippen molar-refractivity contribution in [2.45, 2.75) is 39.7 Å². The molecule has 2 aromatic rings. The Morgan fingerprint density at radius 1 is 1.29 bits per heavy atom. The number of carbonyl (C=O) groups excluding carboxylic acids is 1. The van der Waals surface area contributed by atoms with Crippen LogP contribution in [0.5, 0.6) is 0 Å². The molecule has 1 unspecified atom stereocenters. The number of anilines is 1. The minimum absolute atomic E-state index is 0. The fourth-order valence-corrected chi connectivity index (χ4v) is 3.43. The maximum atomic E-state index is 12.5. The zero-order chi connectivity index (χ0) is 16.3. The first-order valence-electron chi connectivity index (χ1n) is 7.48. The summed E-state index contributed by atoms with van der Waals surface area (Å²) in [6.45, 7) is 6.17. The van der Waals surface area contributed by atoms with Gasteiger partial charge in [-0.1, -0.05) is 19.1 Å². The van der Waals surface area contributed by atoms with E-state index >= 15 is 0 Å². The van der Waals surface area contributed by atoms with Crippen LogP contribution in [-0.4, -0.2) is 22.8 Å². The van der Waals surface area contributed by atoms with E-state index in [1.54, 1.807) is 16.2 Å². The number of nitrogens with two attached hydrogens (primary N) is 1. The van der Waals surface area contributed by atoms with Crippen LogP contribution in [0.3, 0.4) is 0 Å². The van der Waals surface area contributed by atoms with Crippen LogP contribution < -0.4 is 5.73 Å². The van der Waals surface area contributed by atoms with E-state index in [1.165, 1.54) is 4.88 Å². The standard InChI is InChI=1S/C17H23N3OS.2ClH/c1-5-15-19-11(2)17(22-15)12(3)20(4)16(21)10-13-6-8-14(18)9-7-13;;/h6-9,12H,5,10,18H2,1-4H3;2*1H. The average molecular weight is 390 g/mol. The minimum atomic E-state index is 0. The van der Waals surface area contributed by atoms with Gasteiger partial charge in [0.05, 0.1) is 23.2 Å². The number of thiazole rings is 1. The van der Waals surface area contributed by atoms with Crippen LogP contribution >= 0.6 is 36.2 Å². The van der Waals surface area contributed by atoms with Gasteiger partial charge in [-0.3, -0.25) is 4.79 Å². The molecule has 7 heteroatoms. The highest BCUT2D eigenvalue weighted by molar-refractivity contribution is 7.11. The van der Waals surface area contributed by atoms with Crippen LogP contribution in [0.15, 0.2) is 24.3 Å². The Balaban J connectivity index is 0.00000264. The Bertz CT molecular complexity index is 658. The Morgan fingerprint density at radius 2 is 1.88 bits per heavy atom. The highest BCUT2D eigenvalue weighted by Crippen LogP contribution is 2.29. The molecule has 4 nitrogen and oxygen atoms in total. The number of hydrogen-bond donors (Lipinski definition) is 1. The van der Waals surface area contributed by atoms with Gasteiger partial charge in [0.15, 0.2) is 0 Å². The van der Waals surface area contributed by atoms with Crippen molar-refractivity contribution < 1.29 is 4.79 Å². The van der Waals surface area contributed by atoms with Crippen LogP contribution in [-0.2, 0) is 17.6 Å². The van der Waals surface area contributed by atoms with Gasteiger partial charge in [0.1, 0.15) is 0 Å². The largest absolute Gasteiger partial charge is 0.399 e. The molecule has 1 atom stereocenters. The zero-order valence-electron chi connectivity index (χ0n) is 14.4. The molecule has 134 valence electrons. The number of nitrogen functional groups attached to an aromatic ring is 1. The first kappa shape index (κ1) is 22.7. The third-order valence-corrected chi connectivity index (χ3v) is 5.34. The summed E-state index contributed by atoms with van der Waals surface area (Å²) >= 11 is 1.70. The molecule has 0 aliphatic rings. The molecule has 0 fully saturated rings. The number of halogens is 2. The molecule has 2 rings (SSSR count). The fourth-order valence-electron chi connectivity index (χ4n) is 2.33. The first-order chi connectivity index (χ1) is 10.4. The Hall–Kier alpha value is -1.30. The second kappa shape index (κ2) is 9.87. The molecule has 0 saturated heterocycles. The monoisotopic (exact) mass is 389 g/mol. The third kappa shape index (κ3) is 5.36. The summed E-state index contributed by atoms with van der Waals surface area (Å²) in [5.41, 5.74) is 8.40. The first-order valence-corrected chi connectivity index (χ1v) is 8.30. The number of rotatable bonds is 5. The second-order valence-corrected chi connectivity index (χ2v) is 6.62. The van der Waals surface area contributed by atoms with E-state index in [0.29, 0.717) is 12.1 Å². The van der Waals surface area contributed by atoms with E-state index in [9.17, 15) is 4.79 Å². The van der Waals surface area contributed by atoms with Crippen molar-refractivity contribution in [2.75, 3.05) is 12.8 Å². The highest BCUT2D eigenvalue weighted by Gasteiger charge is 2.21. The predicted octanol–water partition coefficient (Wildman–Crippen LogP) is 4.20. The molecule has 0 radical (unpaired) electrons. The number of likely N-dealkylation sites (N-methyl/N-ethyl adjacent to an activating group) is 1. The van der Waals surface area contributed by atoms with E-state index in [-0.39, 0.29) is 36.8 Å². The Morgan fingerprint density at radius 3 is 2.38 bits per heavy atom. The van der Waals surface area contributed by atoms with Crippen LogP contribution in [0, 0.1) is 6.92 Å². The number of carbonyl (C=O) groups is 1. The average Bonchev–Trinajstić information content (AvgIpc) is 2.89. The van der Waals surface area contributed by atoms with E-state index in [0.717, 1.165) is 22.7 Å². The van der Waals surface area contributed by atoms with Gasteiger partial charge in [-0.05, 0) is 38.0 Å². The summed E-state index contributed by atoms with van der Waals surface area (Å²) < 4.78 is 0. The van der Waals surface area contributed by atoms with Crippen molar-refractivity contribution in [2.24, 2.45) is 0 Å². The van der Waals surface area contributed by atoms with E-state index in [2.05, 4.69) is 18.8 Å². The molecular weight excluding hydrogens is 365 g/mol. The van der Waals surface area contributed by atoms with Crippen molar-refractivity contribution in [3.63, 3.8) is 0 Å². The topological polar surface area (TPSA) is 59.2 Å². The molecule has 0 aliphatic carbocycles. The molecule has 0 spiro atoms. The summed E-state index contributed by atoms with van der Waals surface area (Å²) in [7, 11) is 1.86. The summed E-state index contributed by atoms with van der Waals surface area (Å²) in [6, 6.07) is 7.50. The summed E-state index contributed by atoms with van der Waals surface area (Å²) in [5, 5.41) is 1.12. The highest BCUT2D eigenvalue weighted by atomic mass is 35.5. The van der Waals surface area contributed by atoms with Crippen LogP contribution in [0.2, 0.25) is 0 Å². The quantitative estimate of drug-likeness (QED) is 0.779. The van der Waals surface area contributed by atoms with E-state index in [4.69, 9.17) is 5.73 Å². The smallest absolute Gasteiger partial charge is 0.227 e. The minimum Gasteiger partial charge on any atom is -0.399 e. The molecular formula is C17H25Cl2N3OS. The maximum absolute atomic E-state index is 12.5. The van der Waals surface area contributed by atoms with Gasteiger partial charge >= 0.3 is 0 Å². The zero-order valence-corrected chi connectivity index (χ0v) is 16.9. The van der Waals surface area contributed by atoms with Crippen LogP contribution in [0.1, 0.15) is 41.0 Å². The molecule has 1 heterocycles. The Kier molecular flexibility index (Phi) is 9.33. The number of hydrogen-bond acceptors (Lipinski definition) is 4. The molecule has 1 amide bonds. The Labute approximate surface area is 160 Å². The molecule has 2 N–H and O–H groups in total.